The summed E-state index contributed by atoms with van der Waals surface area (Å²) in [6.45, 7) is 4.50. The van der Waals surface area contributed by atoms with E-state index in [0.29, 0.717) is 12.8 Å². The lowest BCUT2D eigenvalue weighted by Crippen LogP contribution is -2.18. The molecular weight excluding hydrogens is 504 g/mol. The van der Waals surface area contributed by atoms with Gasteiger partial charge in [-0.05, 0) is 12.8 Å². The maximum Gasteiger partial charge on any atom is 0.332 e. The number of aliphatic hydroxyl groups excluding tert-OH is 2. The molecule has 0 aliphatic carbocycles. The van der Waals surface area contributed by atoms with E-state index in [1.54, 1.807) is 0 Å². The van der Waals surface area contributed by atoms with Gasteiger partial charge in [-0.25, -0.2) is 9.59 Å². The lowest BCUT2D eigenvalue weighted by molar-refractivity contribution is -0.147. The Hall–Kier alpha value is -1.14. The SMILES string of the molecule is CCCCCCCCCCCCCCCC(O)C(=O)O.CCCCCCCCCCCCCCCC(O)C(=O)O. The standard InChI is InChI=1S/2C17H34O3/c2*1-2-3-4-5-6-7-8-9-10-11-12-13-14-15-16(18)17(19)20/h2*16,18H,2-15H2,1H3,(H,19,20). The molecular formula is C34H68O6. The largest absolute Gasteiger partial charge is 0.479 e. The van der Waals surface area contributed by atoms with Crippen LogP contribution in [-0.2, 0) is 9.59 Å². The van der Waals surface area contributed by atoms with Crippen molar-refractivity contribution in [2.45, 2.75) is 206 Å². The first-order valence-corrected chi connectivity index (χ1v) is 17.2. The van der Waals surface area contributed by atoms with Crippen LogP contribution in [0.4, 0.5) is 0 Å². The van der Waals surface area contributed by atoms with Crippen LogP contribution in [0.15, 0.2) is 0 Å². The normalized spacial score (nSPS) is 12.5. The molecule has 0 saturated carbocycles. The maximum atomic E-state index is 10.4. The molecule has 0 aromatic heterocycles. The van der Waals surface area contributed by atoms with Gasteiger partial charge in [0.1, 0.15) is 0 Å². The van der Waals surface area contributed by atoms with Gasteiger partial charge in [-0.2, -0.15) is 0 Å². The summed E-state index contributed by atoms with van der Waals surface area (Å²) in [5.41, 5.74) is 0. The van der Waals surface area contributed by atoms with Gasteiger partial charge in [0.15, 0.2) is 12.2 Å². The molecule has 0 aliphatic rings. The third-order valence-corrected chi connectivity index (χ3v) is 7.73. The Bertz CT molecular complexity index is 479. The van der Waals surface area contributed by atoms with Crippen molar-refractivity contribution in [3.8, 4) is 0 Å². The molecule has 0 rings (SSSR count). The molecule has 0 heterocycles. The molecule has 6 nitrogen and oxygen atoms in total. The highest BCUT2D eigenvalue weighted by Crippen LogP contribution is 2.14. The number of hydrogen-bond donors (Lipinski definition) is 4. The van der Waals surface area contributed by atoms with Gasteiger partial charge < -0.3 is 20.4 Å². The Morgan fingerprint density at radius 2 is 0.550 bits per heavy atom. The zero-order valence-electron chi connectivity index (χ0n) is 26.6. The summed E-state index contributed by atoms with van der Waals surface area (Å²) in [6.07, 6.45) is 31.6. The molecule has 0 fully saturated rings. The number of hydrogen-bond acceptors (Lipinski definition) is 4. The van der Waals surface area contributed by atoms with Gasteiger partial charge in [-0.15, -0.1) is 0 Å². The quantitative estimate of drug-likeness (QED) is 0.0637. The van der Waals surface area contributed by atoms with Crippen LogP contribution in [0, 0.1) is 0 Å². The summed E-state index contributed by atoms with van der Waals surface area (Å²) >= 11 is 0. The monoisotopic (exact) mass is 573 g/mol. The van der Waals surface area contributed by atoms with E-state index in [1.165, 1.54) is 141 Å². The van der Waals surface area contributed by atoms with Crippen LogP contribution in [0.5, 0.6) is 0 Å². The summed E-state index contributed by atoms with van der Waals surface area (Å²) in [4.78, 5) is 20.8. The number of rotatable bonds is 30. The molecule has 0 radical (unpaired) electrons. The Morgan fingerprint density at radius 3 is 0.725 bits per heavy atom. The number of aliphatic carboxylic acids is 2. The highest BCUT2D eigenvalue weighted by molar-refractivity contribution is 5.72. The van der Waals surface area contributed by atoms with Gasteiger partial charge in [0.05, 0.1) is 0 Å². The van der Waals surface area contributed by atoms with Crippen molar-refractivity contribution in [2.75, 3.05) is 0 Å². The van der Waals surface area contributed by atoms with Crippen LogP contribution in [-0.4, -0.2) is 44.6 Å². The molecule has 0 aromatic carbocycles. The van der Waals surface area contributed by atoms with Crippen LogP contribution in [0.3, 0.4) is 0 Å². The number of unbranched alkanes of at least 4 members (excludes halogenated alkanes) is 24. The van der Waals surface area contributed by atoms with Crippen molar-refractivity contribution < 1.29 is 30.0 Å². The molecule has 2 atom stereocenters. The minimum absolute atomic E-state index is 0.396. The second-order valence-corrected chi connectivity index (χ2v) is 11.8. The zero-order valence-corrected chi connectivity index (χ0v) is 26.6. The topological polar surface area (TPSA) is 115 Å². The summed E-state index contributed by atoms with van der Waals surface area (Å²) in [6, 6.07) is 0. The molecule has 0 aromatic rings. The number of carboxylic acid groups (broad SMARTS) is 2. The van der Waals surface area contributed by atoms with E-state index in [0.717, 1.165) is 25.7 Å². The van der Waals surface area contributed by atoms with Gasteiger partial charge in [0.25, 0.3) is 0 Å². The summed E-state index contributed by atoms with van der Waals surface area (Å²) in [5.74, 6) is -2.19. The van der Waals surface area contributed by atoms with E-state index >= 15 is 0 Å². The molecule has 0 aliphatic heterocycles. The Morgan fingerprint density at radius 1 is 0.375 bits per heavy atom. The lowest BCUT2D eigenvalue weighted by Gasteiger charge is -2.05. The maximum absolute atomic E-state index is 10.4. The minimum Gasteiger partial charge on any atom is -0.479 e. The van der Waals surface area contributed by atoms with Gasteiger partial charge in [0.2, 0.25) is 0 Å². The number of carbonyl (C=O) groups is 2. The fourth-order valence-electron chi connectivity index (χ4n) is 4.96. The molecule has 240 valence electrons. The second kappa shape index (κ2) is 34.1. The van der Waals surface area contributed by atoms with Crippen LogP contribution in [0.1, 0.15) is 194 Å². The van der Waals surface area contributed by atoms with Crippen molar-refractivity contribution in [3.05, 3.63) is 0 Å². The zero-order chi connectivity index (χ0) is 30.1. The fourth-order valence-corrected chi connectivity index (χ4v) is 4.96. The molecule has 2 unspecified atom stereocenters. The highest BCUT2D eigenvalue weighted by Gasteiger charge is 2.12. The van der Waals surface area contributed by atoms with Crippen LogP contribution in [0.25, 0.3) is 0 Å². The van der Waals surface area contributed by atoms with Gasteiger partial charge in [0, 0.05) is 0 Å². The van der Waals surface area contributed by atoms with Gasteiger partial charge in [-0.3, -0.25) is 0 Å². The van der Waals surface area contributed by atoms with Gasteiger partial charge in [-0.1, -0.05) is 181 Å². The van der Waals surface area contributed by atoms with Crippen LogP contribution < -0.4 is 0 Å². The summed E-state index contributed by atoms with van der Waals surface area (Å²) in [5, 5.41) is 35.3. The van der Waals surface area contributed by atoms with Crippen molar-refractivity contribution in [3.63, 3.8) is 0 Å². The van der Waals surface area contributed by atoms with E-state index in [1.807, 2.05) is 0 Å². The summed E-state index contributed by atoms with van der Waals surface area (Å²) in [7, 11) is 0. The Labute approximate surface area is 247 Å². The fraction of sp³-hybridized carbons (Fsp3) is 0.941. The third kappa shape index (κ3) is 34.9. The van der Waals surface area contributed by atoms with Crippen LogP contribution in [0.2, 0.25) is 0 Å². The number of carboxylic acids is 2. The minimum atomic E-state index is -1.16. The predicted molar refractivity (Wildman–Crippen MR) is 168 cm³/mol. The van der Waals surface area contributed by atoms with E-state index < -0.39 is 24.1 Å². The number of aliphatic hydroxyl groups is 2. The highest BCUT2D eigenvalue weighted by atomic mass is 16.4. The third-order valence-electron chi connectivity index (χ3n) is 7.73. The van der Waals surface area contributed by atoms with E-state index in [2.05, 4.69) is 13.8 Å². The first-order chi connectivity index (χ1) is 19.4. The van der Waals surface area contributed by atoms with Gasteiger partial charge >= 0.3 is 11.9 Å². The van der Waals surface area contributed by atoms with Crippen molar-refractivity contribution in [2.24, 2.45) is 0 Å². The van der Waals surface area contributed by atoms with E-state index in [4.69, 9.17) is 20.4 Å². The Kier molecular flexibility index (Phi) is 34.9. The van der Waals surface area contributed by atoms with Crippen molar-refractivity contribution in [1.29, 1.82) is 0 Å². The van der Waals surface area contributed by atoms with Crippen molar-refractivity contribution >= 4 is 11.9 Å². The molecule has 40 heavy (non-hydrogen) atoms. The lowest BCUT2D eigenvalue weighted by atomic mass is 10.0. The van der Waals surface area contributed by atoms with Crippen LogP contribution >= 0.6 is 0 Å². The first kappa shape index (κ1) is 41.0. The Balaban J connectivity index is 0. The average molecular weight is 573 g/mol. The average Bonchev–Trinajstić information content (AvgIpc) is 2.93. The first-order valence-electron chi connectivity index (χ1n) is 17.2. The smallest absolute Gasteiger partial charge is 0.332 e. The van der Waals surface area contributed by atoms with E-state index in [-0.39, 0.29) is 0 Å². The van der Waals surface area contributed by atoms with E-state index in [9.17, 15) is 9.59 Å². The molecule has 0 saturated heterocycles. The summed E-state index contributed by atoms with van der Waals surface area (Å²) < 4.78 is 0. The predicted octanol–water partition coefficient (Wildman–Crippen LogP) is 9.83. The molecule has 0 amide bonds. The second-order valence-electron chi connectivity index (χ2n) is 11.8. The molecule has 0 bridgehead atoms. The molecule has 4 N–H and O–H groups in total. The molecule has 6 heteroatoms. The molecule has 0 spiro atoms. The van der Waals surface area contributed by atoms with Crippen molar-refractivity contribution in [1.82, 2.24) is 0 Å².